The van der Waals surface area contributed by atoms with Crippen molar-refractivity contribution in [3.8, 4) is 0 Å². The Morgan fingerprint density at radius 1 is 1.40 bits per heavy atom. The first-order chi connectivity index (χ1) is 9.64. The lowest BCUT2D eigenvalue weighted by Gasteiger charge is -2.28. The summed E-state index contributed by atoms with van der Waals surface area (Å²) < 4.78 is 0. The molecule has 20 heavy (non-hydrogen) atoms. The van der Waals surface area contributed by atoms with Crippen molar-refractivity contribution in [1.82, 2.24) is 10.3 Å². The Balaban J connectivity index is 1.75. The predicted octanol–water partition coefficient (Wildman–Crippen LogP) is 4.73. The van der Waals surface area contributed by atoms with Gasteiger partial charge in [0.25, 0.3) is 0 Å². The quantitative estimate of drug-likeness (QED) is 0.737. The minimum Gasteiger partial charge on any atom is -0.305 e. The predicted molar refractivity (Wildman–Crippen MR) is 91.8 cm³/mol. The molecule has 114 valence electrons. The number of rotatable bonds is 7. The average Bonchev–Trinajstić information content (AvgIpc) is 2.92. The van der Waals surface area contributed by atoms with Crippen molar-refractivity contribution in [2.45, 2.75) is 70.1 Å². The van der Waals surface area contributed by atoms with Crippen LogP contribution in [0.1, 0.15) is 63.1 Å². The summed E-state index contributed by atoms with van der Waals surface area (Å²) in [5, 5.41) is 8.05. The van der Waals surface area contributed by atoms with Crippen molar-refractivity contribution < 1.29 is 0 Å². The molecule has 0 bridgehead atoms. The monoisotopic (exact) mass is 312 g/mol. The van der Waals surface area contributed by atoms with Gasteiger partial charge in [-0.05, 0) is 33.1 Å². The maximum atomic E-state index is 4.67. The van der Waals surface area contributed by atoms with E-state index in [9.17, 15) is 0 Å². The van der Waals surface area contributed by atoms with Gasteiger partial charge < -0.3 is 5.32 Å². The Bertz CT molecular complexity index is 399. The van der Waals surface area contributed by atoms with Gasteiger partial charge >= 0.3 is 0 Å². The van der Waals surface area contributed by atoms with Gasteiger partial charge in [0.1, 0.15) is 5.01 Å². The molecule has 2 rings (SSSR count). The van der Waals surface area contributed by atoms with Gasteiger partial charge in [0.05, 0.1) is 5.54 Å². The number of thiazole rings is 1. The van der Waals surface area contributed by atoms with Gasteiger partial charge in [0, 0.05) is 28.6 Å². The van der Waals surface area contributed by atoms with Crippen LogP contribution in [0.4, 0.5) is 0 Å². The molecule has 0 spiro atoms. The molecule has 0 aliphatic heterocycles. The molecule has 1 saturated carbocycles. The van der Waals surface area contributed by atoms with Crippen LogP contribution in [0.15, 0.2) is 5.38 Å². The summed E-state index contributed by atoms with van der Waals surface area (Å²) in [5.41, 5.74) is 1.19. The second-order valence-electron chi connectivity index (χ2n) is 6.04. The summed E-state index contributed by atoms with van der Waals surface area (Å²) in [6, 6.07) is 0. The maximum Gasteiger partial charge on any atom is 0.113 e. The van der Waals surface area contributed by atoms with E-state index in [2.05, 4.69) is 48.2 Å². The topological polar surface area (TPSA) is 24.9 Å². The average molecular weight is 313 g/mol. The van der Waals surface area contributed by atoms with Crippen molar-refractivity contribution in [3.05, 3.63) is 16.1 Å². The largest absolute Gasteiger partial charge is 0.305 e. The van der Waals surface area contributed by atoms with Crippen LogP contribution in [0.3, 0.4) is 0 Å². The van der Waals surface area contributed by atoms with E-state index in [-0.39, 0.29) is 5.54 Å². The smallest absolute Gasteiger partial charge is 0.113 e. The third-order valence-electron chi connectivity index (χ3n) is 4.32. The van der Waals surface area contributed by atoms with Crippen molar-refractivity contribution in [2.24, 2.45) is 0 Å². The van der Waals surface area contributed by atoms with E-state index in [0.29, 0.717) is 0 Å². The molecule has 2 nitrogen and oxygen atoms in total. The first-order valence-electron chi connectivity index (χ1n) is 7.93. The van der Waals surface area contributed by atoms with Gasteiger partial charge in [0.2, 0.25) is 0 Å². The number of hydrogen-bond acceptors (Lipinski definition) is 4. The molecular formula is C16H28N2S2. The lowest BCUT2D eigenvalue weighted by Crippen LogP contribution is -2.40. The molecule has 0 saturated heterocycles. The molecule has 1 fully saturated rings. The Hall–Kier alpha value is -0.0600. The van der Waals surface area contributed by atoms with Crippen LogP contribution in [-0.4, -0.2) is 22.5 Å². The molecule has 1 atom stereocenters. The second-order valence-corrected chi connectivity index (χ2v) is 8.30. The van der Waals surface area contributed by atoms with Gasteiger partial charge in [-0.1, -0.05) is 26.2 Å². The zero-order chi connectivity index (χ0) is 14.4. The van der Waals surface area contributed by atoms with Crippen molar-refractivity contribution in [2.75, 3.05) is 12.3 Å². The first-order valence-corrected chi connectivity index (χ1v) is 9.86. The van der Waals surface area contributed by atoms with Gasteiger partial charge in [-0.25, -0.2) is 4.98 Å². The van der Waals surface area contributed by atoms with Gasteiger partial charge in [-0.2, -0.15) is 11.8 Å². The van der Waals surface area contributed by atoms with Crippen LogP contribution in [0.5, 0.6) is 0 Å². The number of nitrogens with one attached hydrogen (secondary N) is 1. The van der Waals surface area contributed by atoms with E-state index >= 15 is 0 Å². The molecule has 1 aromatic rings. The fourth-order valence-electron chi connectivity index (χ4n) is 2.74. The number of thioether (sulfide) groups is 1. The summed E-state index contributed by atoms with van der Waals surface area (Å²) in [5.74, 6) is 1.23. The molecule has 4 heteroatoms. The zero-order valence-corrected chi connectivity index (χ0v) is 14.7. The molecule has 1 unspecified atom stereocenters. The number of hydrogen-bond donors (Lipinski definition) is 1. The van der Waals surface area contributed by atoms with Crippen molar-refractivity contribution >= 4 is 23.1 Å². The van der Waals surface area contributed by atoms with E-state index in [1.165, 1.54) is 42.9 Å². The Morgan fingerprint density at radius 3 is 2.75 bits per heavy atom. The third-order valence-corrected chi connectivity index (χ3v) is 6.93. The van der Waals surface area contributed by atoms with Crippen LogP contribution >= 0.6 is 23.1 Å². The first kappa shape index (κ1) is 16.3. The third kappa shape index (κ3) is 4.47. The molecule has 0 aromatic carbocycles. The standard InChI is InChI=1S/C16H28N2S2/c1-4-16(3,15-18-13(2)12-20-15)17-10-11-19-14-8-6-5-7-9-14/h12,14,17H,4-11H2,1-3H3. The van der Waals surface area contributed by atoms with Crippen LogP contribution in [0.2, 0.25) is 0 Å². The molecule has 1 aliphatic carbocycles. The van der Waals surface area contributed by atoms with E-state index in [1.807, 2.05) is 0 Å². The zero-order valence-electron chi connectivity index (χ0n) is 13.1. The number of aromatic nitrogens is 1. The second kappa shape index (κ2) is 7.81. The summed E-state index contributed by atoms with van der Waals surface area (Å²) in [7, 11) is 0. The lowest BCUT2D eigenvalue weighted by atomic mass is 10.00. The highest BCUT2D eigenvalue weighted by Crippen LogP contribution is 2.29. The van der Waals surface area contributed by atoms with Gasteiger partial charge in [0.15, 0.2) is 0 Å². The Kier molecular flexibility index (Phi) is 6.37. The van der Waals surface area contributed by atoms with Crippen LogP contribution in [-0.2, 0) is 5.54 Å². The molecule has 0 radical (unpaired) electrons. The lowest BCUT2D eigenvalue weighted by molar-refractivity contribution is 0.362. The van der Waals surface area contributed by atoms with Crippen LogP contribution < -0.4 is 5.32 Å². The van der Waals surface area contributed by atoms with E-state index in [0.717, 1.165) is 23.9 Å². The Labute approximate surface area is 132 Å². The number of nitrogens with zero attached hydrogens (tertiary/aromatic N) is 1. The molecular weight excluding hydrogens is 284 g/mol. The van der Waals surface area contributed by atoms with Gasteiger partial charge in [-0.15, -0.1) is 11.3 Å². The van der Waals surface area contributed by atoms with Crippen molar-refractivity contribution in [3.63, 3.8) is 0 Å². The Morgan fingerprint density at radius 2 is 2.15 bits per heavy atom. The summed E-state index contributed by atoms with van der Waals surface area (Å²) >= 11 is 3.96. The molecule has 1 aromatic heterocycles. The normalized spacial score (nSPS) is 19.9. The maximum absolute atomic E-state index is 4.67. The number of aryl methyl sites for hydroxylation is 1. The van der Waals surface area contributed by atoms with Crippen LogP contribution in [0.25, 0.3) is 0 Å². The van der Waals surface area contributed by atoms with Gasteiger partial charge in [-0.3, -0.25) is 0 Å². The molecule has 1 aliphatic rings. The highest BCUT2D eigenvalue weighted by Gasteiger charge is 2.27. The highest BCUT2D eigenvalue weighted by atomic mass is 32.2. The fourth-order valence-corrected chi connectivity index (χ4v) is 4.97. The van der Waals surface area contributed by atoms with E-state index in [4.69, 9.17) is 0 Å². The summed E-state index contributed by atoms with van der Waals surface area (Å²) in [4.78, 5) is 4.67. The minimum atomic E-state index is 0.0477. The van der Waals surface area contributed by atoms with Crippen molar-refractivity contribution in [1.29, 1.82) is 0 Å². The fraction of sp³-hybridized carbons (Fsp3) is 0.812. The van der Waals surface area contributed by atoms with E-state index < -0.39 is 0 Å². The SMILES string of the molecule is CCC(C)(NCCSC1CCCCC1)c1nc(C)cs1. The molecule has 1 N–H and O–H groups in total. The molecule has 0 amide bonds. The minimum absolute atomic E-state index is 0.0477. The molecule has 1 heterocycles. The summed E-state index contributed by atoms with van der Waals surface area (Å²) in [6.07, 6.45) is 8.29. The highest BCUT2D eigenvalue weighted by molar-refractivity contribution is 7.99. The van der Waals surface area contributed by atoms with E-state index in [1.54, 1.807) is 11.3 Å². The summed E-state index contributed by atoms with van der Waals surface area (Å²) in [6.45, 7) is 7.70. The van der Waals surface area contributed by atoms with Crippen LogP contribution in [0, 0.1) is 6.92 Å².